The Balaban J connectivity index is 2.02. The zero-order valence-corrected chi connectivity index (χ0v) is 10.9. The molecule has 0 atom stereocenters. The van der Waals surface area contributed by atoms with Gasteiger partial charge in [0, 0.05) is 13.6 Å². The molecule has 0 saturated carbocycles. The Kier molecular flexibility index (Phi) is 2.86. The van der Waals surface area contributed by atoms with Gasteiger partial charge >= 0.3 is 0 Å². The van der Waals surface area contributed by atoms with Gasteiger partial charge in [0.15, 0.2) is 0 Å². The molecule has 3 heteroatoms. The molecule has 1 N–H and O–H groups in total. The lowest BCUT2D eigenvalue weighted by molar-refractivity contribution is -0.142. The zero-order valence-electron chi connectivity index (χ0n) is 10.9. The smallest absolute Gasteiger partial charge is 0.229 e. The van der Waals surface area contributed by atoms with Crippen molar-refractivity contribution in [1.82, 2.24) is 10.2 Å². The first-order valence-electron chi connectivity index (χ1n) is 6.74. The summed E-state index contributed by atoms with van der Waals surface area (Å²) in [6.45, 7) is 2.67. The van der Waals surface area contributed by atoms with Gasteiger partial charge in [-0.05, 0) is 43.5 Å². The van der Waals surface area contributed by atoms with E-state index in [1.165, 1.54) is 11.1 Å². The average molecular weight is 244 g/mol. The summed E-state index contributed by atoms with van der Waals surface area (Å²) in [6.07, 6.45) is 2.84. The predicted octanol–water partition coefficient (Wildman–Crippen LogP) is 1.57. The van der Waals surface area contributed by atoms with Crippen LogP contribution in [0, 0.1) is 5.41 Å². The molecule has 0 unspecified atom stereocenters. The fourth-order valence-corrected chi connectivity index (χ4v) is 3.35. The summed E-state index contributed by atoms with van der Waals surface area (Å²) in [6, 6.07) is 8.49. The molecule has 0 radical (unpaired) electrons. The predicted molar refractivity (Wildman–Crippen MR) is 71.2 cm³/mol. The van der Waals surface area contributed by atoms with Crippen LogP contribution in [-0.4, -0.2) is 30.9 Å². The summed E-state index contributed by atoms with van der Waals surface area (Å²) in [5.41, 5.74) is 2.51. The van der Waals surface area contributed by atoms with E-state index in [4.69, 9.17) is 0 Å². The normalized spacial score (nSPS) is 22.7. The van der Waals surface area contributed by atoms with E-state index in [1.807, 2.05) is 11.9 Å². The molecule has 0 aromatic heterocycles. The molecule has 1 saturated heterocycles. The summed E-state index contributed by atoms with van der Waals surface area (Å²) >= 11 is 0. The summed E-state index contributed by atoms with van der Waals surface area (Å²) in [5.74, 6) is 0.334. The molecule has 3 rings (SSSR count). The molecule has 1 amide bonds. The second-order valence-electron chi connectivity index (χ2n) is 5.64. The summed E-state index contributed by atoms with van der Waals surface area (Å²) in [7, 11) is 1.94. The highest BCUT2D eigenvalue weighted by Crippen LogP contribution is 2.38. The Morgan fingerprint density at radius 1 is 1.17 bits per heavy atom. The average Bonchev–Trinajstić information content (AvgIpc) is 2.49. The molecule has 2 aliphatic rings. The Hall–Kier alpha value is -1.35. The first-order valence-corrected chi connectivity index (χ1v) is 6.74. The van der Waals surface area contributed by atoms with Crippen LogP contribution in [0.1, 0.15) is 24.0 Å². The lowest BCUT2D eigenvalue weighted by Gasteiger charge is -2.37. The van der Waals surface area contributed by atoms with Gasteiger partial charge in [0.1, 0.15) is 0 Å². The standard InChI is InChI=1S/C15H20N2O/c1-17-11-13-5-3-2-4-12(13)10-15(14(17)18)6-8-16-9-7-15/h2-5,16H,6-11H2,1H3. The summed E-state index contributed by atoms with van der Waals surface area (Å²) in [5, 5.41) is 3.37. The third kappa shape index (κ3) is 1.83. The van der Waals surface area contributed by atoms with Gasteiger partial charge in [0.05, 0.1) is 5.41 Å². The largest absolute Gasteiger partial charge is 0.341 e. The van der Waals surface area contributed by atoms with Crippen molar-refractivity contribution in [2.75, 3.05) is 20.1 Å². The molecule has 0 bridgehead atoms. The van der Waals surface area contributed by atoms with Gasteiger partial charge < -0.3 is 10.2 Å². The fourth-order valence-electron chi connectivity index (χ4n) is 3.35. The van der Waals surface area contributed by atoms with Crippen LogP contribution in [0.2, 0.25) is 0 Å². The maximum atomic E-state index is 12.7. The first-order chi connectivity index (χ1) is 8.71. The van der Waals surface area contributed by atoms with E-state index in [0.29, 0.717) is 5.91 Å². The quantitative estimate of drug-likeness (QED) is 0.751. The van der Waals surface area contributed by atoms with Gasteiger partial charge in [-0.2, -0.15) is 0 Å². The number of nitrogens with one attached hydrogen (secondary N) is 1. The van der Waals surface area contributed by atoms with Crippen molar-refractivity contribution in [2.24, 2.45) is 5.41 Å². The zero-order chi connectivity index (χ0) is 12.6. The van der Waals surface area contributed by atoms with E-state index in [9.17, 15) is 4.79 Å². The molecular formula is C15H20N2O. The van der Waals surface area contributed by atoms with Crippen molar-refractivity contribution < 1.29 is 4.79 Å². The van der Waals surface area contributed by atoms with Gasteiger partial charge in [0.25, 0.3) is 0 Å². The molecule has 0 aliphatic carbocycles. The number of carbonyl (C=O) groups excluding carboxylic acids is 1. The number of hydrogen-bond acceptors (Lipinski definition) is 2. The monoisotopic (exact) mass is 244 g/mol. The Morgan fingerprint density at radius 2 is 1.83 bits per heavy atom. The summed E-state index contributed by atoms with van der Waals surface area (Å²) < 4.78 is 0. The van der Waals surface area contributed by atoms with E-state index < -0.39 is 0 Å². The summed E-state index contributed by atoms with van der Waals surface area (Å²) in [4.78, 5) is 14.6. The highest BCUT2D eigenvalue weighted by Gasteiger charge is 2.43. The van der Waals surface area contributed by atoms with Crippen LogP contribution in [-0.2, 0) is 17.8 Å². The van der Waals surface area contributed by atoms with E-state index in [0.717, 1.165) is 38.9 Å². The van der Waals surface area contributed by atoms with Crippen LogP contribution in [0.15, 0.2) is 24.3 Å². The van der Waals surface area contributed by atoms with Gasteiger partial charge in [-0.3, -0.25) is 4.79 Å². The van der Waals surface area contributed by atoms with E-state index in [1.54, 1.807) is 0 Å². The van der Waals surface area contributed by atoms with Crippen LogP contribution in [0.3, 0.4) is 0 Å². The number of piperidine rings is 1. The van der Waals surface area contributed by atoms with Crippen LogP contribution >= 0.6 is 0 Å². The van der Waals surface area contributed by atoms with E-state index >= 15 is 0 Å². The minimum absolute atomic E-state index is 0.160. The topological polar surface area (TPSA) is 32.3 Å². The minimum atomic E-state index is -0.160. The molecule has 2 heterocycles. The number of rotatable bonds is 0. The Morgan fingerprint density at radius 3 is 2.56 bits per heavy atom. The molecule has 1 aromatic carbocycles. The minimum Gasteiger partial charge on any atom is -0.341 e. The molecule has 18 heavy (non-hydrogen) atoms. The lowest BCUT2D eigenvalue weighted by atomic mass is 9.73. The molecular weight excluding hydrogens is 224 g/mol. The van der Waals surface area contributed by atoms with E-state index in [2.05, 4.69) is 29.6 Å². The van der Waals surface area contributed by atoms with E-state index in [-0.39, 0.29) is 5.41 Å². The molecule has 3 nitrogen and oxygen atoms in total. The number of fused-ring (bicyclic) bond motifs is 1. The van der Waals surface area contributed by atoms with Gasteiger partial charge in [0.2, 0.25) is 5.91 Å². The van der Waals surface area contributed by atoms with Crippen LogP contribution < -0.4 is 5.32 Å². The van der Waals surface area contributed by atoms with Crippen molar-refractivity contribution in [1.29, 1.82) is 0 Å². The highest BCUT2D eigenvalue weighted by atomic mass is 16.2. The first kappa shape index (κ1) is 11.7. The van der Waals surface area contributed by atoms with Gasteiger partial charge in [-0.15, -0.1) is 0 Å². The molecule has 96 valence electrons. The maximum absolute atomic E-state index is 12.7. The number of hydrogen-bond donors (Lipinski definition) is 1. The van der Waals surface area contributed by atoms with Gasteiger partial charge in [-0.1, -0.05) is 24.3 Å². The molecule has 1 fully saturated rings. The van der Waals surface area contributed by atoms with Crippen molar-refractivity contribution in [3.05, 3.63) is 35.4 Å². The second kappa shape index (κ2) is 4.39. The van der Waals surface area contributed by atoms with Crippen molar-refractivity contribution >= 4 is 5.91 Å². The highest BCUT2D eigenvalue weighted by molar-refractivity contribution is 5.83. The molecule has 1 aromatic rings. The Bertz CT molecular complexity index is 463. The SMILES string of the molecule is CN1Cc2ccccc2CC2(CCNCC2)C1=O. The molecule has 2 aliphatic heterocycles. The number of carbonyl (C=O) groups is 1. The fraction of sp³-hybridized carbons (Fsp3) is 0.533. The Labute approximate surface area is 108 Å². The van der Waals surface area contributed by atoms with Crippen LogP contribution in [0.5, 0.6) is 0 Å². The van der Waals surface area contributed by atoms with Crippen molar-refractivity contribution in [3.8, 4) is 0 Å². The lowest BCUT2D eigenvalue weighted by Crippen LogP contribution is -2.47. The van der Waals surface area contributed by atoms with Crippen LogP contribution in [0.25, 0.3) is 0 Å². The maximum Gasteiger partial charge on any atom is 0.229 e. The molecule has 1 spiro atoms. The third-order valence-corrected chi connectivity index (χ3v) is 4.42. The van der Waals surface area contributed by atoms with Crippen LogP contribution in [0.4, 0.5) is 0 Å². The third-order valence-electron chi connectivity index (χ3n) is 4.42. The van der Waals surface area contributed by atoms with Crippen molar-refractivity contribution in [2.45, 2.75) is 25.8 Å². The number of benzene rings is 1. The van der Waals surface area contributed by atoms with Gasteiger partial charge in [-0.25, -0.2) is 0 Å². The number of amides is 1. The number of nitrogens with zero attached hydrogens (tertiary/aromatic N) is 1. The van der Waals surface area contributed by atoms with Crippen molar-refractivity contribution in [3.63, 3.8) is 0 Å². The second-order valence-corrected chi connectivity index (χ2v) is 5.64.